The Morgan fingerprint density at radius 3 is 2.55 bits per heavy atom. The van der Waals surface area contributed by atoms with Crippen molar-refractivity contribution < 1.29 is 24.0 Å². The minimum Gasteiger partial charge on any atom is -0.379 e. The lowest BCUT2D eigenvalue weighted by Crippen LogP contribution is -2.29. The lowest BCUT2D eigenvalue weighted by atomic mass is 10.3. The smallest absolute Gasteiger partial charge is 0.335 e. The Bertz CT molecular complexity index is 518. The fourth-order valence-corrected chi connectivity index (χ4v) is 2.05. The number of carbonyl (C=O) groups excluding carboxylic acids is 3. The van der Waals surface area contributed by atoms with Crippen LogP contribution in [0.5, 0.6) is 0 Å². The summed E-state index contributed by atoms with van der Waals surface area (Å²) in [5.74, 6) is -0.948. The van der Waals surface area contributed by atoms with Crippen molar-refractivity contribution in [1.82, 2.24) is 9.96 Å². The van der Waals surface area contributed by atoms with Gasteiger partial charge in [0.1, 0.15) is 0 Å². The first-order chi connectivity index (χ1) is 10.5. The second-order valence-corrected chi connectivity index (χ2v) is 4.89. The summed E-state index contributed by atoms with van der Waals surface area (Å²) < 4.78 is 5.29. The van der Waals surface area contributed by atoms with Crippen molar-refractivity contribution in [1.29, 1.82) is 0 Å². The van der Waals surface area contributed by atoms with Crippen LogP contribution in [0.15, 0.2) is 36.7 Å². The first-order valence-corrected chi connectivity index (χ1v) is 6.97. The summed E-state index contributed by atoms with van der Waals surface area (Å²) in [6, 6.07) is 0. The third-order valence-corrected chi connectivity index (χ3v) is 3.28. The van der Waals surface area contributed by atoms with Crippen LogP contribution >= 0.6 is 0 Å². The van der Waals surface area contributed by atoms with Crippen LogP contribution < -0.4 is 0 Å². The second-order valence-electron chi connectivity index (χ2n) is 4.89. The predicted octanol–water partition coefficient (Wildman–Crippen LogP) is 0.900. The van der Waals surface area contributed by atoms with E-state index in [9.17, 15) is 14.4 Å². The largest absolute Gasteiger partial charge is 0.379 e. The Balaban J connectivity index is 1.60. The number of hydrogen-bond acceptors (Lipinski definition) is 5. The zero-order valence-corrected chi connectivity index (χ0v) is 12.2. The van der Waals surface area contributed by atoms with Crippen molar-refractivity contribution >= 4 is 17.8 Å². The molecule has 0 aromatic carbocycles. The molecule has 1 saturated heterocycles. The summed E-state index contributed by atoms with van der Waals surface area (Å²) in [6.07, 6.45) is 3.91. The third kappa shape index (κ3) is 3.82. The lowest BCUT2D eigenvalue weighted by molar-refractivity contribution is -0.187. The molecule has 0 unspecified atom stereocenters. The molecule has 2 rings (SSSR count). The van der Waals surface area contributed by atoms with Gasteiger partial charge in [-0.05, 0) is 12.5 Å². The molecule has 0 radical (unpaired) electrons. The number of amides is 2. The molecule has 2 aliphatic heterocycles. The van der Waals surface area contributed by atoms with E-state index >= 15 is 0 Å². The zero-order valence-electron chi connectivity index (χ0n) is 12.2. The van der Waals surface area contributed by atoms with E-state index < -0.39 is 5.97 Å². The van der Waals surface area contributed by atoms with Gasteiger partial charge in [0, 0.05) is 24.7 Å². The van der Waals surface area contributed by atoms with Gasteiger partial charge in [-0.1, -0.05) is 13.2 Å². The molecule has 2 amide bonds. The topological polar surface area (TPSA) is 76.2 Å². The lowest BCUT2D eigenvalue weighted by Gasteiger charge is -2.17. The molecule has 2 heterocycles. The summed E-state index contributed by atoms with van der Waals surface area (Å²) in [7, 11) is 0. The quantitative estimate of drug-likeness (QED) is 0.653. The first kappa shape index (κ1) is 16.0. The number of carbonyl (C=O) groups is 3. The van der Waals surface area contributed by atoms with Crippen LogP contribution in [0.1, 0.15) is 19.3 Å². The Hall–Kier alpha value is -2.41. The van der Waals surface area contributed by atoms with Crippen LogP contribution in [0.2, 0.25) is 0 Å². The third-order valence-electron chi connectivity index (χ3n) is 3.28. The van der Waals surface area contributed by atoms with E-state index in [4.69, 9.17) is 9.57 Å². The molecular weight excluding hydrogens is 288 g/mol. The van der Waals surface area contributed by atoms with E-state index in [-0.39, 0.29) is 31.4 Å². The highest BCUT2D eigenvalue weighted by Crippen LogP contribution is 2.20. The maximum absolute atomic E-state index is 11.6. The Labute approximate surface area is 128 Å². The summed E-state index contributed by atoms with van der Waals surface area (Å²) >= 11 is 0. The van der Waals surface area contributed by atoms with Crippen LogP contribution in [0.4, 0.5) is 0 Å². The number of rotatable bonds is 7. The fraction of sp³-hybridized carbons (Fsp3) is 0.400. The summed E-state index contributed by atoms with van der Waals surface area (Å²) in [5.41, 5.74) is 1.11. The molecule has 0 saturated carbocycles. The average Bonchev–Trinajstić information content (AvgIpc) is 2.96. The molecule has 1 fully saturated rings. The van der Waals surface area contributed by atoms with E-state index in [1.807, 2.05) is 0 Å². The van der Waals surface area contributed by atoms with Crippen molar-refractivity contribution in [3.8, 4) is 0 Å². The van der Waals surface area contributed by atoms with Gasteiger partial charge in [-0.15, -0.1) is 5.06 Å². The van der Waals surface area contributed by atoms with E-state index in [0.29, 0.717) is 30.8 Å². The average molecular weight is 306 g/mol. The van der Waals surface area contributed by atoms with Crippen molar-refractivity contribution in [2.24, 2.45) is 0 Å². The summed E-state index contributed by atoms with van der Waals surface area (Å²) in [5, 5.41) is 0.945. The van der Waals surface area contributed by atoms with Crippen LogP contribution in [0.3, 0.4) is 0 Å². The van der Waals surface area contributed by atoms with Gasteiger partial charge in [-0.3, -0.25) is 9.59 Å². The predicted molar refractivity (Wildman–Crippen MR) is 76.7 cm³/mol. The van der Waals surface area contributed by atoms with Gasteiger partial charge in [0.25, 0.3) is 11.8 Å². The molecule has 118 valence electrons. The molecule has 7 heteroatoms. The van der Waals surface area contributed by atoms with E-state index in [2.05, 4.69) is 13.2 Å². The van der Waals surface area contributed by atoms with Gasteiger partial charge >= 0.3 is 5.97 Å². The number of nitrogens with zero attached hydrogens (tertiary/aromatic N) is 2. The van der Waals surface area contributed by atoms with E-state index in [0.717, 1.165) is 5.06 Å². The van der Waals surface area contributed by atoms with Gasteiger partial charge in [-0.25, -0.2) is 4.79 Å². The monoisotopic (exact) mass is 306 g/mol. The Morgan fingerprint density at radius 1 is 1.18 bits per heavy atom. The molecule has 0 N–H and O–H groups in total. The normalized spacial score (nSPS) is 17.8. The number of ether oxygens (including phenoxy) is 1. The van der Waals surface area contributed by atoms with Crippen LogP contribution in [-0.4, -0.2) is 47.5 Å². The molecule has 22 heavy (non-hydrogen) atoms. The van der Waals surface area contributed by atoms with Crippen molar-refractivity contribution in [3.05, 3.63) is 36.7 Å². The van der Waals surface area contributed by atoms with Gasteiger partial charge in [0.2, 0.25) is 0 Å². The molecule has 2 aliphatic rings. The SMILES string of the molecule is C=C1C=CC(=O)N1CCOCCC(=O)ON1C(=C)CCC1=O. The molecule has 0 atom stereocenters. The van der Waals surface area contributed by atoms with Crippen LogP contribution in [0, 0.1) is 0 Å². The van der Waals surface area contributed by atoms with Gasteiger partial charge < -0.3 is 14.5 Å². The Morgan fingerprint density at radius 2 is 1.95 bits per heavy atom. The first-order valence-electron chi connectivity index (χ1n) is 6.97. The summed E-state index contributed by atoms with van der Waals surface area (Å²) in [4.78, 5) is 40.8. The van der Waals surface area contributed by atoms with E-state index in [1.165, 1.54) is 11.0 Å². The van der Waals surface area contributed by atoms with Crippen LogP contribution in [0.25, 0.3) is 0 Å². The van der Waals surface area contributed by atoms with Crippen molar-refractivity contribution in [2.75, 3.05) is 19.8 Å². The molecule has 0 aliphatic carbocycles. The van der Waals surface area contributed by atoms with Crippen LogP contribution in [-0.2, 0) is 24.0 Å². The standard InChI is InChI=1S/C15H18N2O5/c1-11-3-5-13(18)16(11)8-10-21-9-7-15(20)22-17-12(2)4-6-14(17)19/h3,5H,1-2,4,6-10H2. The van der Waals surface area contributed by atoms with Gasteiger partial charge in [0.15, 0.2) is 0 Å². The highest BCUT2D eigenvalue weighted by molar-refractivity contribution is 5.93. The molecule has 0 spiro atoms. The minimum absolute atomic E-state index is 0.0181. The van der Waals surface area contributed by atoms with Crippen molar-refractivity contribution in [2.45, 2.75) is 19.3 Å². The maximum atomic E-state index is 11.6. The van der Waals surface area contributed by atoms with Crippen molar-refractivity contribution in [3.63, 3.8) is 0 Å². The number of hydrogen-bond donors (Lipinski definition) is 0. The zero-order chi connectivity index (χ0) is 16.1. The second kappa shape index (κ2) is 7.04. The highest BCUT2D eigenvalue weighted by Gasteiger charge is 2.28. The Kier molecular flexibility index (Phi) is 5.11. The molecule has 7 nitrogen and oxygen atoms in total. The van der Waals surface area contributed by atoms with Gasteiger partial charge in [-0.2, -0.15) is 0 Å². The number of hydroxylamine groups is 2. The number of allylic oxidation sites excluding steroid dienone is 2. The van der Waals surface area contributed by atoms with E-state index in [1.54, 1.807) is 6.08 Å². The van der Waals surface area contributed by atoms with Gasteiger partial charge in [0.05, 0.1) is 25.3 Å². The molecule has 0 bridgehead atoms. The molecule has 0 aromatic heterocycles. The fourth-order valence-electron chi connectivity index (χ4n) is 2.05. The maximum Gasteiger partial charge on any atom is 0.335 e. The summed E-state index contributed by atoms with van der Waals surface area (Å²) in [6.45, 7) is 8.19. The highest BCUT2D eigenvalue weighted by atomic mass is 16.7. The molecular formula is C15H18N2O5. The molecule has 0 aromatic rings. The minimum atomic E-state index is -0.556.